The van der Waals surface area contributed by atoms with Crippen LogP contribution >= 0.6 is 11.3 Å². The molecule has 0 aliphatic carbocycles. The summed E-state index contributed by atoms with van der Waals surface area (Å²) < 4.78 is 5.73. The van der Waals surface area contributed by atoms with Crippen LogP contribution in [0.25, 0.3) is 10.6 Å². The van der Waals surface area contributed by atoms with Gasteiger partial charge in [0.2, 0.25) is 0 Å². The van der Waals surface area contributed by atoms with Crippen LogP contribution in [0, 0.1) is 0 Å². The predicted molar refractivity (Wildman–Crippen MR) is 103 cm³/mol. The lowest BCUT2D eigenvalue weighted by atomic mass is 10.2. The minimum absolute atomic E-state index is 0.628. The van der Waals surface area contributed by atoms with Crippen LogP contribution in [-0.2, 0) is 6.42 Å². The van der Waals surface area contributed by atoms with Gasteiger partial charge in [0.15, 0.2) is 0 Å². The van der Waals surface area contributed by atoms with E-state index in [0.717, 1.165) is 34.2 Å². The molecule has 2 rings (SSSR count). The predicted octanol–water partition coefficient (Wildman–Crippen LogP) is 6.06. The van der Waals surface area contributed by atoms with Gasteiger partial charge in [0.1, 0.15) is 22.4 Å². The second-order valence-electron chi connectivity index (χ2n) is 5.91. The minimum Gasteiger partial charge on any atom is -0.490 e. The van der Waals surface area contributed by atoms with Gasteiger partial charge in [0.05, 0.1) is 0 Å². The summed E-state index contributed by atoms with van der Waals surface area (Å²) >= 11 is 1.70. The van der Waals surface area contributed by atoms with Crippen LogP contribution in [-0.4, -0.2) is 16.8 Å². The Labute approximate surface area is 149 Å². The van der Waals surface area contributed by atoms with Gasteiger partial charge in [0, 0.05) is 12.0 Å². The molecule has 3 nitrogen and oxygen atoms in total. The summed E-state index contributed by atoms with van der Waals surface area (Å²) in [7, 11) is 0. The van der Waals surface area contributed by atoms with Crippen LogP contribution in [0.5, 0.6) is 5.75 Å². The van der Waals surface area contributed by atoms with Crippen molar-refractivity contribution in [1.29, 1.82) is 0 Å². The number of hydrogen-bond donors (Lipinski definition) is 0. The third-order valence-corrected chi connectivity index (χ3v) is 4.83. The van der Waals surface area contributed by atoms with Crippen LogP contribution in [0.4, 0.5) is 0 Å². The van der Waals surface area contributed by atoms with E-state index >= 15 is 0 Å². The Kier molecular flexibility index (Phi) is 8.53. The summed E-state index contributed by atoms with van der Waals surface area (Å²) in [5.41, 5.74) is 1.11. The summed E-state index contributed by atoms with van der Waals surface area (Å²) in [5, 5.41) is 10.7. The smallest absolute Gasteiger partial charge is 0.147 e. The summed E-state index contributed by atoms with van der Waals surface area (Å²) in [6.45, 7) is 5.05. The summed E-state index contributed by atoms with van der Waals surface area (Å²) in [6.07, 6.45) is 12.6. The van der Waals surface area contributed by atoms with E-state index in [1.165, 1.54) is 32.1 Å². The van der Waals surface area contributed by atoms with E-state index in [0.29, 0.717) is 6.61 Å². The van der Waals surface area contributed by atoms with E-state index in [-0.39, 0.29) is 0 Å². The molecule has 1 aromatic carbocycles. The molecule has 0 saturated heterocycles. The number of benzene rings is 1. The highest BCUT2D eigenvalue weighted by molar-refractivity contribution is 7.14. The van der Waals surface area contributed by atoms with Crippen molar-refractivity contribution in [3.8, 4) is 16.3 Å². The zero-order valence-corrected chi connectivity index (χ0v) is 15.6. The fourth-order valence-corrected chi connectivity index (χ4v) is 3.23. The number of allylic oxidation sites excluding steroid dienone is 1. The fourth-order valence-electron chi connectivity index (χ4n) is 2.34. The number of rotatable bonds is 11. The van der Waals surface area contributed by atoms with Crippen molar-refractivity contribution in [1.82, 2.24) is 10.2 Å². The lowest BCUT2D eigenvalue weighted by molar-refractivity contribution is 0.362. The van der Waals surface area contributed by atoms with Crippen molar-refractivity contribution in [2.24, 2.45) is 0 Å². The Morgan fingerprint density at radius 2 is 1.75 bits per heavy atom. The van der Waals surface area contributed by atoms with Crippen molar-refractivity contribution >= 4 is 11.3 Å². The largest absolute Gasteiger partial charge is 0.490 e. The molecule has 0 atom stereocenters. The van der Waals surface area contributed by atoms with Gasteiger partial charge < -0.3 is 4.74 Å². The van der Waals surface area contributed by atoms with E-state index in [9.17, 15) is 0 Å². The van der Waals surface area contributed by atoms with Crippen molar-refractivity contribution in [2.75, 3.05) is 6.61 Å². The van der Waals surface area contributed by atoms with E-state index in [1.54, 1.807) is 11.3 Å². The standard InChI is InChI=1S/C20H28N2OS/c1-3-5-7-8-10-16-23-18-14-12-17(13-15-18)20-22-21-19(24-20)11-9-6-4-2/h8,10,12-15H,3-7,9,11,16H2,1-2H3. The molecular formula is C20H28N2OS. The molecule has 0 spiro atoms. The van der Waals surface area contributed by atoms with Gasteiger partial charge in [-0.1, -0.05) is 63.0 Å². The van der Waals surface area contributed by atoms with Gasteiger partial charge in [-0.25, -0.2) is 0 Å². The Morgan fingerprint density at radius 1 is 0.958 bits per heavy atom. The van der Waals surface area contributed by atoms with Gasteiger partial charge in [-0.2, -0.15) is 0 Å². The number of ether oxygens (including phenoxy) is 1. The van der Waals surface area contributed by atoms with Crippen molar-refractivity contribution in [3.05, 3.63) is 41.4 Å². The van der Waals surface area contributed by atoms with Gasteiger partial charge in [-0.15, -0.1) is 10.2 Å². The molecule has 0 unspecified atom stereocenters. The number of unbranched alkanes of at least 4 members (excludes halogenated alkanes) is 4. The average Bonchev–Trinajstić information content (AvgIpc) is 3.08. The zero-order valence-electron chi connectivity index (χ0n) is 14.8. The number of aromatic nitrogens is 2. The normalized spacial score (nSPS) is 11.2. The molecule has 0 N–H and O–H groups in total. The lowest BCUT2D eigenvalue weighted by Gasteiger charge is -2.03. The van der Waals surface area contributed by atoms with E-state index < -0.39 is 0 Å². The van der Waals surface area contributed by atoms with Crippen molar-refractivity contribution in [3.63, 3.8) is 0 Å². The number of hydrogen-bond acceptors (Lipinski definition) is 4. The summed E-state index contributed by atoms with van der Waals surface area (Å²) in [5.74, 6) is 0.895. The molecule has 0 aliphatic rings. The molecule has 0 bridgehead atoms. The van der Waals surface area contributed by atoms with E-state index in [4.69, 9.17) is 4.74 Å². The Bertz CT molecular complexity index is 604. The topological polar surface area (TPSA) is 35.0 Å². The van der Waals surface area contributed by atoms with Gasteiger partial charge >= 0.3 is 0 Å². The highest BCUT2D eigenvalue weighted by Gasteiger charge is 2.06. The summed E-state index contributed by atoms with van der Waals surface area (Å²) in [4.78, 5) is 0. The second-order valence-corrected chi connectivity index (χ2v) is 6.97. The SMILES string of the molecule is CCCCC=CCOc1ccc(-c2nnc(CCCCC)s2)cc1. The first kappa shape index (κ1) is 18.7. The molecule has 130 valence electrons. The minimum atomic E-state index is 0.628. The summed E-state index contributed by atoms with van der Waals surface area (Å²) in [6, 6.07) is 8.14. The second kappa shape index (κ2) is 11.0. The molecule has 2 aromatic rings. The highest BCUT2D eigenvalue weighted by Crippen LogP contribution is 2.26. The molecule has 0 fully saturated rings. The first-order valence-corrected chi connectivity index (χ1v) is 9.85. The first-order chi connectivity index (χ1) is 11.8. The Balaban J connectivity index is 1.82. The third kappa shape index (κ3) is 6.44. The fraction of sp³-hybridized carbons (Fsp3) is 0.500. The molecule has 0 aliphatic heterocycles. The van der Waals surface area contributed by atoms with Crippen LogP contribution in [0.1, 0.15) is 57.4 Å². The lowest BCUT2D eigenvalue weighted by Crippen LogP contribution is -1.93. The molecule has 1 heterocycles. The van der Waals surface area contributed by atoms with Gasteiger partial charge in [-0.05, 0) is 37.1 Å². The number of nitrogens with zero attached hydrogens (tertiary/aromatic N) is 2. The monoisotopic (exact) mass is 344 g/mol. The molecule has 24 heavy (non-hydrogen) atoms. The van der Waals surface area contributed by atoms with Gasteiger partial charge in [0.25, 0.3) is 0 Å². The highest BCUT2D eigenvalue weighted by atomic mass is 32.1. The van der Waals surface area contributed by atoms with E-state index in [1.807, 2.05) is 12.1 Å². The van der Waals surface area contributed by atoms with Crippen LogP contribution in [0.15, 0.2) is 36.4 Å². The average molecular weight is 345 g/mol. The molecule has 0 radical (unpaired) electrons. The van der Waals surface area contributed by atoms with Crippen LogP contribution < -0.4 is 4.74 Å². The van der Waals surface area contributed by atoms with Crippen LogP contribution in [0.3, 0.4) is 0 Å². The molecular weight excluding hydrogens is 316 g/mol. The maximum atomic E-state index is 5.73. The van der Waals surface area contributed by atoms with Crippen molar-refractivity contribution in [2.45, 2.75) is 58.8 Å². The maximum Gasteiger partial charge on any atom is 0.147 e. The molecule has 1 aromatic heterocycles. The van der Waals surface area contributed by atoms with E-state index in [2.05, 4.69) is 48.3 Å². The quantitative estimate of drug-likeness (QED) is 0.367. The van der Waals surface area contributed by atoms with Crippen LogP contribution in [0.2, 0.25) is 0 Å². The van der Waals surface area contributed by atoms with Gasteiger partial charge in [-0.3, -0.25) is 0 Å². The Hall–Kier alpha value is -1.68. The molecule has 0 amide bonds. The maximum absolute atomic E-state index is 5.73. The molecule has 0 saturated carbocycles. The third-order valence-electron chi connectivity index (χ3n) is 3.80. The first-order valence-electron chi connectivity index (χ1n) is 9.04. The molecule has 4 heteroatoms. The van der Waals surface area contributed by atoms with Crippen molar-refractivity contribution < 1.29 is 4.74 Å². The number of aryl methyl sites for hydroxylation is 1. The zero-order chi connectivity index (χ0) is 17.0. The Morgan fingerprint density at radius 3 is 2.50 bits per heavy atom.